The van der Waals surface area contributed by atoms with Gasteiger partial charge < -0.3 is 9.47 Å². The van der Waals surface area contributed by atoms with Gasteiger partial charge in [0.1, 0.15) is 12.4 Å². The molecule has 1 aliphatic rings. The fraction of sp³-hybridized carbons (Fsp3) is 0.400. The smallest absolute Gasteiger partial charge is 0.406 e. The number of carbonyl (C=O) groups is 1. The summed E-state index contributed by atoms with van der Waals surface area (Å²) in [6.07, 6.45) is -0.813. The number of rotatable bonds is 8. The van der Waals surface area contributed by atoms with Gasteiger partial charge in [-0.3, -0.25) is 9.78 Å². The maximum atomic E-state index is 12.7. The Balaban J connectivity index is 1.48. The van der Waals surface area contributed by atoms with Gasteiger partial charge in [-0.05, 0) is 48.7 Å². The van der Waals surface area contributed by atoms with Crippen LogP contribution in [0.4, 0.5) is 13.2 Å². The molecule has 2 heterocycles. The van der Waals surface area contributed by atoms with E-state index in [1.807, 2.05) is 0 Å². The molecule has 1 aromatic carbocycles. The van der Waals surface area contributed by atoms with Gasteiger partial charge in [-0.15, -0.1) is 13.2 Å². The first-order valence-corrected chi connectivity index (χ1v) is 11.0. The van der Waals surface area contributed by atoms with Crippen LogP contribution in [0.5, 0.6) is 5.75 Å². The Morgan fingerprint density at radius 1 is 1.13 bits per heavy atom. The summed E-state index contributed by atoms with van der Waals surface area (Å²) in [7, 11) is -3.85. The van der Waals surface area contributed by atoms with Gasteiger partial charge in [-0.25, -0.2) is 8.42 Å². The summed E-state index contributed by atoms with van der Waals surface area (Å²) in [4.78, 5) is 15.9. The highest BCUT2D eigenvalue weighted by Gasteiger charge is 2.32. The first-order chi connectivity index (χ1) is 14.6. The van der Waals surface area contributed by atoms with Crippen LogP contribution in [-0.4, -0.2) is 55.7 Å². The first-order valence-electron chi connectivity index (χ1n) is 9.52. The van der Waals surface area contributed by atoms with Gasteiger partial charge in [-0.2, -0.15) is 4.31 Å². The van der Waals surface area contributed by atoms with Gasteiger partial charge in [0.15, 0.2) is 5.78 Å². The van der Waals surface area contributed by atoms with Crippen molar-refractivity contribution in [3.63, 3.8) is 0 Å². The van der Waals surface area contributed by atoms with Crippen LogP contribution < -0.4 is 4.74 Å². The number of pyridine rings is 1. The topological polar surface area (TPSA) is 85.8 Å². The maximum absolute atomic E-state index is 12.7. The van der Waals surface area contributed by atoms with E-state index in [-0.39, 0.29) is 42.9 Å². The number of aromatic nitrogens is 1. The third kappa shape index (κ3) is 6.74. The van der Waals surface area contributed by atoms with E-state index in [0.29, 0.717) is 12.8 Å². The van der Waals surface area contributed by atoms with Gasteiger partial charge in [0.2, 0.25) is 10.0 Å². The van der Waals surface area contributed by atoms with E-state index in [1.54, 1.807) is 24.5 Å². The number of ketones is 1. The van der Waals surface area contributed by atoms with Gasteiger partial charge in [-0.1, -0.05) is 6.07 Å². The van der Waals surface area contributed by atoms with Crippen molar-refractivity contribution >= 4 is 15.8 Å². The Morgan fingerprint density at radius 3 is 2.39 bits per heavy atom. The zero-order valence-corrected chi connectivity index (χ0v) is 17.2. The number of hydrogen-bond donors (Lipinski definition) is 0. The van der Waals surface area contributed by atoms with Crippen LogP contribution in [0, 0.1) is 0 Å². The van der Waals surface area contributed by atoms with Crippen molar-refractivity contribution in [2.24, 2.45) is 0 Å². The molecule has 1 aliphatic heterocycles. The van der Waals surface area contributed by atoms with Crippen LogP contribution in [0.3, 0.4) is 0 Å². The van der Waals surface area contributed by atoms with Crippen LogP contribution in [-0.2, 0) is 26.0 Å². The standard InChI is InChI=1S/C20H21F3N2O5S/c21-20(22,23)30-18-3-5-19(6-4-18)31(27,28)25-10-7-17(8-11-25)29-14-16(26)12-15-2-1-9-24-13-15/h1-6,9,13,17H,7-8,10-12,14H2. The number of alkyl halides is 3. The van der Waals surface area contributed by atoms with Gasteiger partial charge >= 0.3 is 6.36 Å². The third-order valence-corrected chi connectivity index (χ3v) is 6.61. The summed E-state index contributed by atoms with van der Waals surface area (Å²) in [5, 5.41) is 0. The van der Waals surface area contributed by atoms with Crippen LogP contribution >= 0.6 is 0 Å². The number of ether oxygens (including phenoxy) is 2. The lowest BCUT2D eigenvalue weighted by Crippen LogP contribution is -2.41. The lowest BCUT2D eigenvalue weighted by Gasteiger charge is -2.31. The van der Waals surface area contributed by atoms with E-state index in [4.69, 9.17) is 4.74 Å². The molecule has 0 N–H and O–H groups in total. The van der Waals surface area contributed by atoms with Crippen molar-refractivity contribution in [2.45, 2.75) is 36.6 Å². The van der Waals surface area contributed by atoms with Crippen molar-refractivity contribution < 1.29 is 35.9 Å². The molecule has 7 nitrogen and oxygen atoms in total. The summed E-state index contributed by atoms with van der Waals surface area (Å²) in [5.74, 6) is -0.585. The number of sulfonamides is 1. The molecule has 0 amide bonds. The van der Waals surface area contributed by atoms with Crippen molar-refractivity contribution in [1.82, 2.24) is 9.29 Å². The van der Waals surface area contributed by atoms with Crippen molar-refractivity contribution in [3.8, 4) is 5.75 Å². The van der Waals surface area contributed by atoms with E-state index in [2.05, 4.69) is 9.72 Å². The number of piperidine rings is 1. The van der Waals surface area contributed by atoms with E-state index in [0.717, 1.165) is 29.8 Å². The molecule has 0 atom stereocenters. The van der Waals surface area contributed by atoms with Crippen LogP contribution in [0.15, 0.2) is 53.7 Å². The minimum atomic E-state index is -4.85. The Hall–Kier alpha value is -2.50. The van der Waals surface area contributed by atoms with Crippen LogP contribution in [0.2, 0.25) is 0 Å². The lowest BCUT2D eigenvalue weighted by atomic mass is 10.1. The second kappa shape index (κ2) is 9.75. The van der Waals surface area contributed by atoms with Gasteiger partial charge in [0, 0.05) is 31.9 Å². The Kier molecular flexibility index (Phi) is 7.29. The molecule has 0 unspecified atom stereocenters. The van der Waals surface area contributed by atoms with Crippen molar-refractivity contribution in [1.29, 1.82) is 0 Å². The molecule has 11 heteroatoms. The molecular formula is C20H21F3N2O5S. The summed E-state index contributed by atoms with van der Waals surface area (Å²) in [5.41, 5.74) is 0.795. The highest BCUT2D eigenvalue weighted by Crippen LogP contribution is 2.26. The van der Waals surface area contributed by atoms with Crippen molar-refractivity contribution in [2.75, 3.05) is 19.7 Å². The average Bonchev–Trinajstić information content (AvgIpc) is 2.72. The maximum Gasteiger partial charge on any atom is 0.573 e. The largest absolute Gasteiger partial charge is 0.573 e. The first kappa shape index (κ1) is 23.2. The van der Waals surface area contributed by atoms with Crippen LogP contribution in [0.1, 0.15) is 18.4 Å². The molecule has 1 aromatic heterocycles. The van der Waals surface area contributed by atoms with E-state index < -0.39 is 22.1 Å². The minimum absolute atomic E-state index is 0.0625. The highest BCUT2D eigenvalue weighted by molar-refractivity contribution is 7.89. The highest BCUT2D eigenvalue weighted by atomic mass is 32.2. The fourth-order valence-corrected chi connectivity index (χ4v) is 4.66. The fourth-order valence-electron chi connectivity index (χ4n) is 3.19. The summed E-state index contributed by atoms with van der Waals surface area (Å²) >= 11 is 0. The minimum Gasteiger partial charge on any atom is -0.406 e. The monoisotopic (exact) mass is 458 g/mol. The number of Topliss-reactive ketones (excluding diaryl/α,β-unsaturated/α-hetero) is 1. The van der Waals surface area contributed by atoms with E-state index in [1.165, 1.54) is 4.31 Å². The summed E-state index contributed by atoms with van der Waals surface area (Å²) in [6, 6.07) is 7.63. The number of benzene rings is 1. The third-order valence-electron chi connectivity index (χ3n) is 4.70. The molecule has 1 fully saturated rings. The molecule has 0 saturated carbocycles. The number of halogens is 3. The summed E-state index contributed by atoms with van der Waals surface area (Å²) in [6.45, 7) is 0.308. The molecular weight excluding hydrogens is 437 g/mol. The number of hydrogen-bond acceptors (Lipinski definition) is 6. The molecule has 31 heavy (non-hydrogen) atoms. The van der Waals surface area contributed by atoms with Gasteiger partial charge in [0.05, 0.1) is 11.0 Å². The predicted octanol–water partition coefficient (Wildman–Crippen LogP) is 2.96. The predicted molar refractivity (Wildman–Crippen MR) is 104 cm³/mol. The quantitative estimate of drug-likeness (QED) is 0.605. The number of carbonyl (C=O) groups excluding carboxylic acids is 1. The molecule has 1 saturated heterocycles. The molecule has 168 valence electrons. The van der Waals surface area contributed by atoms with E-state index in [9.17, 15) is 26.4 Å². The van der Waals surface area contributed by atoms with Crippen molar-refractivity contribution in [3.05, 3.63) is 54.4 Å². The molecule has 0 bridgehead atoms. The second-order valence-electron chi connectivity index (χ2n) is 7.01. The molecule has 0 spiro atoms. The second-order valence-corrected chi connectivity index (χ2v) is 8.95. The Morgan fingerprint density at radius 2 is 1.81 bits per heavy atom. The van der Waals surface area contributed by atoms with Gasteiger partial charge in [0.25, 0.3) is 0 Å². The SMILES string of the molecule is O=C(COC1CCN(S(=O)(=O)c2ccc(OC(F)(F)F)cc2)CC1)Cc1cccnc1. The Labute approximate surface area is 177 Å². The molecule has 2 aromatic rings. The van der Waals surface area contributed by atoms with E-state index >= 15 is 0 Å². The average molecular weight is 458 g/mol. The molecule has 0 aliphatic carbocycles. The van der Waals surface area contributed by atoms with Crippen LogP contribution in [0.25, 0.3) is 0 Å². The lowest BCUT2D eigenvalue weighted by molar-refractivity contribution is -0.274. The number of nitrogens with zero attached hydrogens (tertiary/aromatic N) is 2. The molecule has 3 rings (SSSR count). The zero-order chi connectivity index (χ0) is 22.5. The zero-order valence-electron chi connectivity index (χ0n) is 16.4. The molecule has 0 radical (unpaired) electrons. The summed E-state index contributed by atoms with van der Waals surface area (Å²) < 4.78 is 72.8. The Bertz CT molecular complexity index is 974. The normalized spacial score (nSPS) is 16.2.